The summed E-state index contributed by atoms with van der Waals surface area (Å²) >= 11 is 17.8. The Morgan fingerprint density at radius 3 is 2.30 bits per heavy atom. The van der Waals surface area contributed by atoms with Crippen LogP contribution in [0, 0.1) is 21.4 Å². The molecule has 2 aromatic carbocycles. The molecule has 0 atom stereocenters. The third-order valence-electron chi connectivity index (χ3n) is 2.75. The van der Waals surface area contributed by atoms with Crippen LogP contribution in [0.5, 0.6) is 5.75 Å². The lowest BCUT2D eigenvalue weighted by Gasteiger charge is -2.11. The molecule has 0 aliphatic carbocycles. The molecule has 23 heavy (non-hydrogen) atoms. The fourth-order valence-electron chi connectivity index (χ4n) is 1.68. The first-order chi connectivity index (χ1) is 10.9. The average molecular weight is 370 g/mol. The minimum Gasteiger partial charge on any atom is -0.454 e. The largest absolute Gasteiger partial charge is 0.454 e. The van der Waals surface area contributed by atoms with Crippen molar-refractivity contribution in [1.29, 1.82) is 5.26 Å². The summed E-state index contributed by atoms with van der Waals surface area (Å²) in [5, 5.41) is 20.3. The van der Waals surface area contributed by atoms with Crippen molar-refractivity contribution < 1.29 is 9.66 Å². The summed E-state index contributed by atoms with van der Waals surface area (Å²) in [5.41, 5.74) is 0.400. The number of rotatable bonds is 4. The standard InChI is InChI=1S/C15H7Cl3N2O3/c16-11-7-13(18)15(8-12(11)17)23-14(5-6-19)9-1-3-10(4-2-9)20(21)22/h1-5,7-8H/b14-5+. The van der Waals surface area contributed by atoms with Gasteiger partial charge in [0.05, 0.1) is 32.1 Å². The highest BCUT2D eigenvalue weighted by Gasteiger charge is 2.12. The Morgan fingerprint density at radius 2 is 1.74 bits per heavy atom. The predicted molar refractivity (Wildman–Crippen MR) is 88.8 cm³/mol. The van der Waals surface area contributed by atoms with E-state index in [1.807, 2.05) is 6.07 Å². The molecule has 0 aliphatic heterocycles. The summed E-state index contributed by atoms with van der Waals surface area (Å²) in [6, 6.07) is 10.2. The molecule has 0 amide bonds. The van der Waals surface area contributed by atoms with Gasteiger partial charge in [-0.1, -0.05) is 34.8 Å². The van der Waals surface area contributed by atoms with E-state index >= 15 is 0 Å². The van der Waals surface area contributed by atoms with Crippen LogP contribution in [0.2, 0.25) is 15.1 Å². The fourth-order valence-corrected chi connectivity index (χ4v) is 2.25. The van der Waals surface area contributed by atoms with E-state index in [4.69, 9.17) is 44.8 Å². The van der Waals surface area contributed by atoms with Gasteiger partial charge in [0.25, 0.3) is 5.69 Å². The third kappa shape index (κ3) is 4.14. The highest BCUT2D eigenvalue weighted by Crippen LogP contribution is 2.36. The number of hydrogen-bond acceptors (Lipinski definition) is 4. The Hall–Kier alpha value is -2.26. The van der Waals surface area contributed by atoms with Crippen LogP contribution >= 0.6 is 34.8 Å². The number of nitrogens with zero attached hydrogens (tertiary/aromatic N) is 2. The number of allylic oxidation sites excluding steroid dienone is 1. The zero-order valence-corrected chi connectivity index (χ0v) is 13.6. The van der Waals surface area contributed by atoms with Gasteiger partial charge < -0.3 is 4.74 Å². The topological polar surface area (TPSA) is 76.2 Å². The highest BCUT2D eigenvalue weighted by atomic mass is 35.5. The normalized spacial score (nSPS) is 11.0. The second kappa shape index (κ2) is 7.34. The third-order valence-corrected chi connectivity index (χ3v) is 3.77. The van der Waals surface area contributed by atoms with E-state index in [0.29, 0.717) is 5.56 Å². The Labute approximate surface area is 146 Å². The maximum absolute atomic E-state index is 10.7. The van der Waals surface area contributed by atoms with E-state index in [-0.39, 0.29) is 32.3 Å². The number of nitro groups is 1. The van der Waals surface area contributed by atoms with Crippen LogP contribution in [0.3, 0.4) is 0 Å². The first-order valence-corrected chi connectivity index (χ1v) is 7.22. The van der Waals surface area contributed by atoms with Crippen molar-refractivity contribution in [3.63, 3.8) is 0 Å². The fraction of sp³-hybridized carbons (Fsp3) is 0. The summed E-state index contributed by atoms with van der Waals surface area (Å²) in [5.74, 6) is 0.378. The predicted octanol–water partition coefficient (Wildman–Crippen LogP) is 5.50. The van der Waals surface area contributed by atoms with E-state index in [1.165, 1.54) is 36.4 Å². The second-order valence-corrected chi connectivity index (χ2v) is 5.46. The van der Waals surface area contributed by atoms with Crippen LogP contribution in [0.4, 0.5) is 5.69 Å². The lowest BCUT2D eigenvalue weighted by Crippen LogP contribution is -1.97. The summed E-state index contributed by atoms with van der Waals surface area (Å²) in [6.45, 7) is 0. The maximum atomic E-state index is 10.7. The van der Waals surface area contributed by atoms with Crippen LogP contribution in [-0.4, -0.2) is 4.92 Å². The average Bonchev–Trinajstić information content (AvgIpc) is 2.52. The van der Waals surface area contributed by atoms with Gasteiger partial charge >= 0.3 is 0 Å². The van der Waals surface area contributed by atoms with Crippen molar-refractivity contribution in [1.82, 2.24) is 0 Å². The van der Waals surface area contributed by atoms with Crippen molar-refractivity contribution in [2.45, 2.75) is 0 Å². The monoisotopic (exact) mass is 368 g/mol. The summed E-state index contributed by atoms with van der Waals surface area (Å²) in [6.07, 6.45) is 1.15. The summed E-state index contributed by atoms with van der Waals surface area (Å²) in [4.78, 5) is 10.2. The van der Waals surface area contributed by atoms with E-state index in [2.05, 4.69) is 0 Å². The van der Waals surface area contributed by atoms with Gasteiger partial charge in [-0.3, -0.25) is 10.1 Å². The van der Waals surface area contributed by atoms with Gasteiger partial charge in [-0.15, -0.1) is 0 Å². The molecule has 5 nitrogen and oxygen atoms in total. The van der Waals surface area contributed by atoms with Crippen LogP contribution in [-0.2, 0) is 0 Å². The minimum atomic E-state index is -0.520. The molecular formula is C15H7Cl3N2O3. The molecule has 0 radical (unpaired) electrons. The molecule has 2 rings (SSSR count). The van der Waals surface area contributed by atoms with Crippen LogP contribution in [0.15, 0.2) is 42.5 Å². The molecule has 0 saturated heterocycles. The number of nitriles is 1. The smallest absolute Gasteiger partial charge is 0.269 e. The van der Waals surface area contributed by atoms with Crippen molar-refractivity contribution in [2.24, 2.45) is 0 Å². The maximum Gasteiger partial charge on any atom is 0.269 e. The number of nitro benzene ring substituents is 1. The van der Waals surface area contributed by atoms with E-state index < -0.39 is 4.92 Å². The van der Waals surface area contributed by atoms with Crippen molar-refractivity contribution in [2.75, 3.05) is 0 Å². The van der Waals surface area contributed by atoms with Gasteiger partial charge in [-0.2, -0.15) is 5.26 Å². The van der Waals surface area contributed by atoms with E-state index in [9.17, 15) is 10.1 Å². The van der Waals surface area contributed by atoms with Gasteiger partial charge in [0.15, 0.2) is 0 Å². The Morgan fingerprint density at radius 1 is 1.13 bits per heavy atom. The number of non-ortho nitro benzene ring substituents is 1. The number of halogens is 3. The van der Waals surface area contributed by atoms with E-state index in [0.717, 1.165) is 6.08 Å². The van der Waals surface area contributed by atoms with Crippen molar-refractivity contribution in [3.05, 3.63) is 73.2 Å². The number of ether oxygens (including phenoxy) is 1. The number of benzene rings is 2. The summed E-state index contributed by atoms with van der Waals surface area (Å²) in [7, 11) is 0. The first kappa shape index (κ1) is 17.1. The minimum absolute atomic E-state index is 0.0716. The van der Waals surface area contributed by atoms with E-state index in [1.54, 1.807) is 0 Å². The van der Waals surface area contributed by atoms with Crippen molar-refractivity contribution >= 4 is 46.2 Å². The molecule has 0 saturated carbocycles. The quantitative estimate of drug-likeness (QED) is 0.234. The molecule has 116 valence electrons. The molecule has 0 aliphatic rings. The number of hydrogen-bond donors (Lipinski definition) is 0. The van der Waals surface area contributed by atoms with Gasteiger partial charge in [-0.25, -0.2) is 0 Å². The zero-order chi connectivity index (χ0) is 17.0. The SMILES string of the molecule is N#C/C=C(/Oc1cc(Cl)c(Cl)cc1Cl)c1ccc([N+](=O)[O-])cc1. The zero-order valence-electron chi connectivity index (χ0n) is 11.3. The lowest BCUT2D eigenvalue weighted by atomic mass is 10.1. The molecule has 0 fully saturated rings. The molecule has 0 bridgehead atoms. The molecule has 0 spiro atoms. The molecular weight excluding hydrogens is 363 g/mol. The summed E-state index contributed by atoms with van der Waals surface area (Å²) < 4.78 is 5.60. The Kier molecular flexibility index (Phi) is 5.45. The molecule has 0 aromatic heterocycles. The molecule has 8 heteroatoms. The van der Waals surface area contributed by atoms with Gasteiger partial charge in [0.1, 0.15) is 11.5 Å². The van der Waals surface area contributed by atoms with Gasteiger partial charge in [0.2, 0.25) is 0 Å². The Balaban J connectivity index is 2.37. The van der Waals surface area contributed by atoms with Gasteiger partial charge in [-0.05, 0) is 18.2 Å². The molecule has 2 aromatic rings. The van der Waals surface area contributed by atoms with Crippen LogP contribution < -0.4 is 4.74 Å². The molecule has 0 unspecified atom stereocenters. The first-order valence-electron chi connectivity index (χ1n) is 6.09. The Bertz CT molecular complexity index is 827. The highest BCUT2D eigenvalue weighted by molar-refractivity contribution is 6.43. The molecule has 0 N–H and O–H groups in total. The molecule has 0 heterocycles. The van der Waals surface area contributed by atoms with Crippen molar-refractivity contribution in [3.8, 4) is 11.8 Å². The second-order valence-electron chi connectivity index (χ2n) is 4.24. The van der Waals surface area contributed by atoms with Crippen LogP contribution in [0.1, 0.15) is 5.56 Å². The lowest BCUT2D eigenvalue weighted by molar-refractivity contribution is -0.384. The van der Waals surface area contributed by atoms with Gasteiger partial charge in [0, 0.05) is 23.8 Å². The van der Waals surface area contributed by atoms with Crippen LogP contribution in [0.25, 0.3) is 5.76 Å².